The lowest BCUT2D eigenvalue weighted by Gasteiger charge is -2.29. The topological polar surface area (TPSA) is 119 Å². The molecule has 144 valence electrons. The fourth-order valence-corrected chi connectivity index (χ4v) is 2.52. The second-order valence-electron chi connectivity index (χ2n) is 6.78. The molecular weight excluding hydrogens is 356 g/mol. The number of esters is 1. The molecule has 0 aliphatic carbocycles. The van der Waals surface area contributed by atoms with Crippen LogP contribution < -0.4 is 10.4 Å². The first-order chi connectivity index (χ1) is 12.7. The van der Waals surface area contributed by atoms with Crippen LogP contribution in [0.4, 0.5) is 0 Å². The summed E-state index contributed by atoms with van der Waals surface area (Å²) in [6.45, 7) is 3.90. The largest absolute Gasteiger partial charge is 0.482 e. The first kappa shape index (κ1) is 18.9. The molecule has 8 nitrogen and oxygen atoms in total. The van der Waals surface area contributed by atoms with Crippen molar-refractivity contribution in [2.45, 2.75) is 38.6 Å². The second-order valence-corrected chi connectivity index (χ2v) is 6.78. The summed E-state index contributed by atoms with van der Waals surface area (Å²) in [4.78, 5) is 23.4. The molecule has 0 unspecified atom stereocenters. The van der Waals surface area contributed by atoms with Gasteiger partial charge in [0.1, 0.15) is 12.7 Å². The molecular formula is C19H20O8. The van der Waals surface area contributed by atoms with E-state index in [1.54, 1.807) is 18.2 Å². The first-order valence-electron chi connectivity index (χ1n) is 8.34. The van der Waals surface area contributed by atoms with Crippen LogP contribution in [0.25, 0.3) is 21.9 Å². The predicted molar refractivity (Wildman–Crippen MR) is 95.6 cm³/mol. The Kier molecular flexibility index (Phi) is 4.95. The number of furan rings is 1. The molecule has 0 saturated carbocycles. The highest BCUT2D eigenvalue weighted by molar-refractivity contribution is 5.99. The Labute approximate surface area is 153 Å². The Hall–Kier alpha value is -2.84. The maximum absolute atomic E-state index is 11.7. The van der Waals surface area contributed by atoms with Crippen molar-refractivity contribution in [3.8, 4) is 5.75 Å². The Balaban J connectivity index is 1.98. The highest BCUT2D eigenvalue weighted by Crippen LogP contribution is 2.35. The number of benzene rings is 1. The molecule has 2 aromatic heterocycles. The zero-order valence-corrected chi connectivity index (χ0v) is 15.1. The Morgan fingerprint density at radius 2 is 1.93 bits per heavy atom. The number of hydrogen-bond acceptors (Lipinski definition) is 8. The fourth-order valence-electron chi connectivity index (χ4n) is 2.52. The van der Waals surface area contributed by atoms with Crippen LogP contribution in [0.15, 0.2) is 44.2 Å². The minimum atomic E-state index is -1.45. The Morgan fingerprint density at radius 3 is 2.59 bits per heavy atom. The third-order valence-corrected chi connectivity index (χ3v) is 4.05. The van der Waals surface area contributed by atoms with Gasteiger partial charge < -0.3 is 28.5 Å². The summed E-state index contributed by atoms with van der Waals surface area (Å²) in [5, 5.41) is 21.0. The second kappa shape index (κ2) is 7.05. The van der Waals surface area contributed by atoms with Crippen molar-refractivity contribution >= 4 is 27.9 Å². The van der Waals surface area contributed by atoms with Crippen LogP contribution in [-0.4, -0.2) is 40.6 Å². The van der Waals surface area contributed by atoms with Gasteiger partial charge in [0.25, 0.3) is 0 Å². The smallest absolute Gasteiger partial charge is 0.336 e. The van der Waals surface area contributed by atoms with Crippen LogP contribution in [0.1, 0.15) is 20.8 Å². The molecule has 0 aliphatic heterocycles. The van der Waals surface area contributed by atoms with Gasteiger partial charge in [0.05, 0.1) is 11.9 Å². The highest BCUT2D eigenvalue weighted by atomic mass is 16.6. The molecule has 0 aliphatic rings. The van der Waals surface area contributed by atoms with Crippen molar-refractivity contribution in [3.63, 3.8) is 0 Å². The molecule has 2 heterocycles. The summed E-state index contributed by atoms with van der Waals surface area (Å²) < 4.78 is 21.6. The molecule has 0 amide bonds. The number of carbonyl (C=O) groups is 1. The van der Waals surface area contributed by atoms with E-state index in [2.05, 4.69) is 0 Å². The number of aliphatic hydroxyl groups is 2. The molecule has 0 bridgehead atoms. The summed E-state index contributed by atoms with van der Waals surface area (Å²) >= 11 is 0. The van der Waals surface area contributed by atoms with Crippen molar-refractivity contribution in [2.24, 2.45) is 0 Å². The van der Waals surface area contributed by atoms with Crippen molar-refractivity contribution in [3.05, 3.63) is 40.9 Å². The van der Waals surface area contributed by atoms with Gasteiger partial charge in [-0.05, 0) is 39.0 Å². The summed E-state index contributed by atoms with van der Waals surface area (Å²) in [5.41, 5.74) is -1.47. The number of rotatable bonds is 6. The maximum atomic E-state index is 11.7. The zero-order chi connectivity index (χ0) is 19.8. The van der Waals surface area contributed by atoms with E-state index >= 15 is 0 Å². The van der Waals surface area contributed by atoms with Crippen molar-refractivity contribution < 1.29 is 33.3 Å². The SMILES string of the molecule is C[C@H](O)C(=O)O[C@H](COc1c2occc2cc2ccc(=O)oc12)C(C)(C)O. The molecule has 27 heavy (non-hydrogen) atoms. The quantitative estimate of drug-likeness (QED) is 0.495. The zero-order valence-electron chi connectivity index (χ0n) is 15.1. The van der Waals surface area contributed by atoms with E-state index in [0.29, 0.717) is 11.0 Å². The minimum absolute atomic E-state index is 0.160. The fraction of sp³-hybridized carbons (Fsp3) is 0.368. The van der Waals surface area contributed by atoms with E-state index in [1.807, 2.05) is 0 Å². The van der Waals surface area contributed by atoms with E-state index in [0.717, 1.165) is 5.39 Å². The summed E-state index contributed by atoms with van der Waals surface area (Å²) in [7, 11) is 0. The van der Waals surface area contributed by atoms with Gasteiger partial charge in [-0.25, -0.2) is 9.59 Å². The molecule has 0 fully saturated rings. The standard InChI is InChI=1S/C19H20O8/c1-10(20)18(22)26-13(19(2,3)23)9-25-17-15-12(6-7-24-15)8-11-4-5-14(21)27-16(11)17/h4-8,10,13,20,23H,9H2,1-3H3/t10-,13+/m0/s1. The average molecular weight is 376 g/mol. The van der Waals surface area contributed by atoms with Gasteiger partial charge in [0.2, 0.25) is 5.75 Å². The molecule has 3 rings (SSSR count). The van der Waals surface area contributed by atoms with E-state index in [4.69, 9.17) is 18.3 Å². The number of carbonyl (C=O) groups excluding carboxylic acids is 1. The average Bonchev–Trinajstić information content (AvgIpc) is 3.04. The minimum Gasteiger partial charge on any atom is -0.482 e. The third kappa shape index (κ3) is 3.96. The van der Waals surface area contributed by atoms with E-state index < -0.39 is 29.4 Å². The Morgan fingerprint density at radius 1 is 1.22 bits per heavy atom. The normalized spacial score (nSPS) is 14.3. The van der Waals surface area contributed by atoms with Crippen molar-refractivity contribution in [1.29, 1.82) is 0 Å². The van der Waals surface area contributed by atoms with Gasteiger partial charge in [-0.3, -0.25) is 0 Å². The number of aliphatic hydroxyl groups excluding tert-OH is 1. The molecule has 2 N–H and O–H groups in total. The number of hydrogen-bond donors (Lipinski definition) is 2. The van der Waals surface area contributed by atoms with Crippen molar-refractivity contribution in [2.75, 3.05) is 6.61 Å². The van der Waals surface area contributed by atoms with Gasteiger partial charge in [0.15, 0.2) is 17.3 Å². The van der Waals surface area contributed by atoms with Crippen molar-refractivity contribution in [1.82, 2.24) is 0 Å². The van der Waals surface area contributed by atoms with Crippen LogP contribution in [0.5, 0.6) is 5.75 Å². The molecule has 0 spiro atoms. The lowest BCUT2D eigenvalue weighted by molar-refractivity contribution is -0.173. The number of ether oxygens (including phenoxy) is 2. The van der Waals surface area contributed by atoms with Crippen LogP contribution in [0.3, 0.4) is 0 Å². The lowest BCUT2D eigenvalue weighted by atomic mass is 10.0. The highest BCUT2D eigenvalue weighted by Gasteiger charge is 2.33. The summed E-state index contributed by atoms with van der Waals surface area (Å²) in [5.74, 6) is -0.731. The molecule has 3 aromatic rings. The van der Waals surface area contributed by atoms with E-state index in [9.17, 15) is 19.8 Å². The summed E-state index contributed by atoms with van der Waals surface area (Å²) in [6, 6.07) is 6.40. The molecule has 1 aromatic carbocycles. The van der Waals surface area contributed by atoms with Gasteiger partial charge in [-0.15, -0.1) is 0 Å². The number of fused-ring (bicyclic) bond motifs is 2. The van der Waals surface area contributed by atoms with Crippen LogP contribution >= 0.6 is 0 Å². The first-order valence-corrected chi connectivity index (χ1v) is 8.34. The van der Waals surface area contributed by atoms with Crippen LogP contribution in [0.2, 0.25) is 0 Å². The summed E-state index contributed by atoms with van der Waals surface area (Å²) in [6.07, 6.45) is -0.965. The monoisotopic (exact) mass is 376 g/mol. The molecule has 0 saturated heterocycles. The predicted octanol–water partition coefficient (Wildman–Crippen LogP) is 1.98. The lowest BCUT2D eigenvalue weighted by Crippen LogP contribution is -2.45. The Bertz CT molecular complexity index is 1020. The van der Waals surface area contributed by atoms with E-state index in [1.165, 1.54) is 33.1 Å². The van der Waals surface area contributed by atoms with Crippen LogP contribution in [-0.2, 0) is 9.53 Å². The molecule has 0 radical (unpaired) electrons. The molecule has 2 atom stereocenters. The van der Waals surface area contributed by atoms with Gasteiger partial charge >= 0.3 is 11.6 Å². The van der Waals surface area contributed by atoms with Gasteiger partial charge in [-0.1, -0.05) is 0 Å². The maximum Gasteiger partial charge on any atom is 0.336 e. The van der Waals surface area contributed by atoms with Crippen LogP contribution in [0, 0.1) is 0 Å². The molecule has 8 heteroatoms. The van der Waals surface area contributed by atoms with Gasteiger partial charge in [-0.2, -0.15) is 0 Å². The van der Waals surface area contributed by atoms with E-state index in [-0.39, 0.29) is 17.9 Å². The third-order valence-electron chi connectivity index (χ3n) is 4.05. The van der Waals surface area contributed by atoms with Gasteiger partial charge in [0, 0.05) is 16.8 Å².